The van der Waals surface area contributed by atoms with Crippen LogP contribution in [0.2, 0.25) is 0 Å². The molecule has 0 aromatic heterocycles. The Balaban J connectivity index is 3.02. The molecule has 2 atom stereocenters. The predicted octanol–water partition coefficient (Wildman–Crippen LogP) is 2.00. The molecule has 0 saturated carbocycles. The van der Waals surface area contributed by atoms with Gasteiger partial charge in [0.1, 0.15) is 12.9 Å². The van der Waals surface area contributed by atoms with Crippen LogP contribution in [0.5, 0.6) is 0 Å². The lowest BCUT2D eigenvalue weighted by atomic mass is 10.0. The van der Waals surface area contributed by atoms with E-state index in [9.17, 15) is 23.1 Å². The van der Waals surface area contributed by atoms with Crippen LogP contribution in [-0.2, 0) is 15.7 Å². The summed E-state index contributed by atoms with van der Waals surface area (Å²) in [4.78, 5) is 10.7. The molecule has 0 aliphatic heterocycles. The summed E-state index contributed by atoms with van der Waals surface area (Å²) in [5.41, 5.74) is -0.564. The second-order valence-corrected chi connectivity index (χ2v) is 4.35. The van der Waals surface area contributed by atoms with Gasteiger partial charge in [-0.3, -0.25) is 0 Å². The minimum Gasteiger partial charge on any atom is -0.465 e. The Hall–Kier alpha value is -1.84. The van der Waals surface area contributed by atoms with Gasteiger partial charge < -0.3 is 25.0 Å². The molecule has 1 aromatic carbocycles. The van der Waals surface area contributed by atoms with Crippen LogP contribution in [-0.4, -0.2) is 42.9 Å². The normalized spacial score (nSPS) is 14.4. The maximum Gasteiger partial charge on any atom is 0.416 e. The summed E-state index contributed by atoms with van der Waals surface area (Å²) in [7, 11) is 1.34. The topological polar surface area (TPSA) is 88.0 Å². The van der Waals surface area contributed by atoms with Gasteiger partial charge in [0.05, 0.1) is 18.2 Å². The van der Waals surface area contributed by atoms with Crippen molar-refractivity contribution in [2.45, 2.75) is 18.3 Å². The van der Waals surface area contributed by atoms with Crippen molar-refractivity contribution in [3.05, 3.63) is 35.4 Å². The van der Waals surface area contributed by atoms with Gasteiger partial charge in [-0.1, -0.05) is 12.1 Å². The van der Waals surface area contributed by atoms with Crippen molar-refractivity contribution < 1.29 is 37.7 Å². The van der Waals surface area contributed by atoms with Crippen LogP contribution >= 0.6 is 0 Å². The van der Waals surface area contributed by atoms with Crippen LogP contribution in [0, 0.1) is 0 Å². The molecule has 9 heteroatoms. The fourth-order valence-electron chi connectivity index (χ4n) is 1.82. The highest BCUT2D eigenvalue weighted by atomic mass is 19.4. The molecule has 0 spiro atoms. The monoisotopic (exact) mass is 323 g/mol. The van der Waals surface area contributed by atoms with Crippen molar-refractivity contribution >= 4 is 6.09 Å². The number of halogens is 3. The molecule has 124 valence electrons. The van der Waals surface area contributed by atoms with E-state index < -0.39 is 36.6 Å². The number of carbonyl (C=O) groups is 1. The van der Waals surface area contributed by atoms with Crippen molar-refractivity contribution in [2.24, 2.45) is 0 Å². The SMILES string of the molecule is COCOC(c1ccc(C(F)(F)F)cc1)C(CO)NC(=O)O. The summed E-state index contributed by atoms with van der Waals surface area (Å²) < 4.78 is 47.6. The van der Waals surface area contributed by atoms with Crippen LogP contribution in [0.15, 0.2) is 24.3 Å². The van der Waals surface area contributed by atoms with Gasteiger partial charge in [0.15, 0.2) is 0 Å². The van der Waals surface area contributed by atoms with Crippen LogP contribution in [0.1, 0.15) is 17.2 Å². The molecule has 0 fully saturated rings. The van der Waals surface area contributed by atoms with E-state index in [0.717, 1.165) is 24.3 Å². The first-order valence-electron chi connectivity index (χ1n) is 6.17. The van der Waals surface area contributed by atoms with Crippen molar-refractivity contribution in [1.29, 1.82) is 0 Å². The number of benzene rings is 1. The van der Waals surface area contributed by atoms with Gasteiger partial charge in [-0.2, -0.15) is 13.2 Å². The van der Waals surface area contributed by atoms with Crippen molar-refractivity contribution in [1.82, 2.24) is 5.32 Å². The lowest BCUT2D eigenvalue weighted by Crippen LogP contribution is -2.42. The second kappa shape index (κ2) is 7.97. The Morgan fingerprint density at radius 2 is 1.91 bits per heavy atom. The summed E-state index contributed by atoms with van der Waals surface area (Å²) in [5, 5.41) is 20.0. The summed E-state index contributed by atoms with van der Waals surface area (Å²) in [5.74, 6) is 0. The van der Waals surface area contributed by atoms with E-state index in [-0.39, 0.29) is 12.4 Å². The highest BCUT2D eigenvalue weighted by molar-refractivity contribution is 5.65. The summed E-state index contributed by atoms with van der Waals surface area (Å²) >= 11 is 0. The van der Waals surface area contributed by atoms with E-state index >= 15 is 0 Å². The van der Waals surface area contributed by atoms with Crippen LogP contribution in [0.4, 0.5) is 18.0 Å². The molecule has 0 saturated heterocycles. The molecule has 1 rings (SSSR count). The molecule has 6 nitrogen and oxygen atoms in total. The molecule has 1 aromatic rings. The number of aliphatic hydroxyl groups is 1. The van der Waals surface area contributed by atoms with Gasteiger partial charge in [0.2, 0.25) is 0 Å². The van der Waals surface area contributed by atoms with Gasteiger partial charge in [0.25, 0.3) is 0 Å². The minimum atomic E-state index is -4.48. The molecule has 0 radical (unpaired) electrons. The first-order chi connectivity index (χ1) is 10.3. The standard InChI is InChI=1S/C13H16F3NO5/c1-21-7-22-11(10(6-18)17-12(19)20)8-2-4-9(5-3-8)13(14,15)16/h2-5,10-11,17-18H,6-7H2,1H3,(H,19,20). The largest absolute Gasteiger partial charge is 0.465 e. The average molecular weight is 323 g/mol. The molecular weight excluding hydrogens is 307 g/mol. The lowest BCUT2D eigenvalue weighted by molar-refractivity contribution is -0.137. The average Bonchev–Trinajstić information content (AvgIpc) is 2.45. The number of rotatable bonds is 7. The zero-order valence-electron chi connectivity index (χ0n) is 11.6. The highest BCUT2D eigenvalue weighted by Gasteiger charge is 2.31. The maximum atomic E-state index is 12.5. The molecule has 0 heterocycles. The first kappa shape index (κ1) is 18.2. The summed E-state index contributed by atoms with van der Waals surface area (Å²) in [6.45, 7) is -0.814. The fraction of sp³-hybridized carbons (Fsp3) is 0.462. The van der Waals surface area contributed by atoms with E-state index in [0.29, 0.717) is 0 Å². The van der Waals surface area contributed by atoms with Crippen LogP contribution < -0.4 is 5.32 Å². The first-order valence-corrected chi connectivity index (χ1v) is 6.17. The van der Waals surface area contributed by atoms with Crippen LogP contribution in [0.3, 0.4) is 0 Å². The van der Waals surface area contributed by atoms with Gasteiger partial charge in [-0.25, -0.2) is 4.79 Å². The predicted molar refractivity (Wildman–Crippen MR) is 69.2 cm³/mol. The van der Waals surface area contributed by atoms with Gasteiger partial charge >= 0.3 is 12.3 Å². The van der Waals surface area contributed by atoms with Crippen molar-refractivity contribution in [3.63, 3.8) is 0 Å². The Morgan fingerprint density at radius 1 is 1.32 bits per heavy atom. The number of nitrogens with one attached hydrogen (secondary N) is 1. The van der Waals surface area contributed by atoms with E-state index in [2.05, 4.69) is 0 Å². The number of alkyl halides is 3. The van der Waals surface area contributed by atoms with Crippen LogP contribution in [0.25, 0.3) is 0 Å². The molecule has 0 bridgehead atoms. The minimum absolute atomic E-state index is 0.219. The number of amides is 1. The summed E-state index contributed by atoms with van der Waals surface area (Å²) in [6.07, 6.45) is -6.86. The van der Waals surface area contributed by atoms with Gasteiger partial charge in [-0.05, 0) is 17.7 Å². The van der Waals surface area contributed by atoms with E-state index in [4.69, 9.17) is 14.6 Å². The number of carboxylic acid groups (broad SMARTS) is 1. The summed E-state index contributed by atoms with van der Waals surface area (Å²) in [6, 6.07) is 2.98. The molecule has 1 amide bonds. The number of aliphatic hydroxyl groups excluding tert-OH is 1. The third-order valence-electron chi connectivity index (χ3n) is 2.80. The Morgan fingerprint density at radius 3 is 2.32 bits per heavy atom. The quantitative estimate of drug-likeness (QED) is 0.668. The third-order valence-corrected chi connectivity index (χ3v) is 2.80. The number of hydrogen-bond donors (Lipinski definition) is 3. The van der Waals surface area contributed by atoms with E-state index in [1.807, 2.05) is 5.32 Å². The Labute approximate surface area is 124 Å². The molecule has 22 heavy (non-hydrogen) atoms. The van der Waals surface area contributed by atoms with E-state index in [1.54, 1.807) is 0 Å². The van der Waals surface area contributed by atoms with Crippen molar-refractivity contribution in [3.8, 4) is 0 Å². The zero-order chi connectivity index (χ0) is 16.8. The number of methoxy groups -OCH3 is 1. The maximum absolute atomic E-state index is 12.5. The lowest BCUT2D eigenvalue weighted by Gasteiger charge is -2.26. The fourth-order valence-corrected chi connectivity index (χ4v) is 1.82. The zero-order valence-corrected chi connectivity index (χ0v) is 11.6. The van der Waals surface area contributed by atoms with Gasteiger partial charge in [-0.15, -0.1) is 0 Å². The Bertz CT molecular complexity index is 478. The molecular formula is C13H16F3NO5. The molecule has 2 unspecified atom stereocenters. The number of ether oxygens (including phenoxy) is 2. The highest BCUT2D eigenvalue weighted by Crippen LogP contribution is 2.31. The molecule has 0 aliphatic rings. The smallest absolute Gasteiger partial charge is 0.416 e. The second-order valence-electron chi connectivity index (χ2n) is 4.35. The molecule has 0 aliphatic carbocycles. The van der Waals surface area contributed by atoms with E-state index in [1.165, 1.54) is 7.11 Å². The van der Waals surface area contributed by atoms with Gasteiger partial charge in [0, 0.05) is 7.11 Å². The molecule has 3 N–H and O–H groups in total. The van der Waals surface area contributed by atoms with Crippen molar-refractivity contribution in [2.75, 3.05) is 20.5 Å². The Kier molecular flexibility index (Phi) is 6.60. The number of hydrogen-bond acceptors (Lipinski definition) is 4. The third kappa shape index (κ3) is 5.17.